The molecule has 1 aliphatic carbocycles. The van der Waals surface area contributed by atoms with Crippen LogP contribution in [0, 0.1) is 11.7 Å². The monoisotopic (exact) mass is 385 g/mol. The minimum absolute atomic E-state index is 0.131. The standard InChI is InChI=1S/C16H15F4N5O2/c17-8-3-1-2-4-9(8)25-14(16(18,19)20)12(22-23-25)15(27)24-6-7-5-10(26)13(24)11(7)21/h1-4,7,10-11,13,26H,5-6,21H2/t7-,10+,11-,13-/m1/s1. The highest BCUT2D eigenvalue weighted by molar-refractivity contribution is 5.94. The van der Waals surface area contributed by atoms with Crippen LogP contribution in [0.5, 0.6) is 0 Å². The summed E-state index contributed by atoms with van der Waals surface area (Å²) in [7, 11) is 0. The third kappa shape index (κ3) is 2.69. The molecule has 27 heavy (non-hydrogen) atoms. The van der Waals surface area contributed by atoms with Crippen molar-refractivity contribution < 1.29 is 27.5 Å². The Morgan fingerprint density at radius 2 is 2.00 bits per heavy atom. The third-order valence-electron chi connectivity index (χ3n) is 5.15. The molecule has 1 aliphatic heterocycles. The molecule has 1 aromatic heterocycles. The van der Waals surface area contributed by atoms with Crippen molar-refractivity contribution in [2.45, 2.75) is 30.8 Å². The minimum Gasteiger partial charge on any atom is -0.391 e. The van der Waals surface area contributed by atoms with Crippen molar-refractivity contribution in [1.82, 2.24) is 19.9 Å². The maximum atomic E-state index is 14.0. The Morgan fingerprint density at radius 1 is 1.30 bits per heavy atom. The molecule has 4 rings (SSSR count). The van der Waals surface area contributed by atoms with Gasteiger partial charge in [-0.15, -0.1) is 5.10 Å². The van der Waals surface area contributed by atoms with Gasteiger partial charge in [-0.3, -0.25) is 4.79 Å². The first-order chi connectivity index (χ1) is 12.7. The average Bonchev–Trinajstić information content (AvgIpc) is 3.25. The van der Waals surface area contributed by atoms with Gasteiger partial charge in [-0.25, -0.2) is 9.07 Å². The molecule has 4 atom stereocenters. The fourth-order valence-electron chi connectivity index (χ4n) is 3.95. The molecule has 1 saturated carbocycles. The van der Waals surface area contributed by atoms with Crippen molar-refractivity contribution in [3.8, 4) is 5.69 Å². The smallest absolute Gasteiger partial charge is 0.391 e. The van der Waals surface area contributed by atoms with E-state index in [2.05, 4.69) is 10.3 Å². The molecule has 1 saturated heterocycles. The predicted octanol–water partition coefficient (Wildman–Crippen LogP) is 0.958. The van der Waals surface area contributed by atoms with Gasteiger partial charge in [0.1, 0.15) is 11.5 Å². The quantitative estimate of drug-likeness (QED) is 0.751. The first-order valence-electron chi connectivity index (χ1n) is 8.22. The van der Waals surface area contributed by atoms with Crippen molar-refractivity contribution >= 4 is 5.91 Å². The largest absolute Gasteiger partial charge is 0.435 e. The van der Waals surface area contributed by atoms with Gasteiger partial charge in [0.2, 0.25) is 0 Å². The van der Waals surface area contributed by atoms with Crippen LogP contribution in [0.2, 0.25) is 0 Å². The number of hydrogen-bond donors (Lipinski definition) is 2. The number of para-hydroxylation sites is 1. The molecule has 1 amide bonds. The first kappa shape index (κ1) is 17.9. The Hall–Kier alpha value is -2.53. The van der Waals surface area contributed by atoms with E-state index in [-0.39, 0.29) is 17.1 Å². The van der Waals surface area contributed by atoms with Gasteiger partial charge in [0.15, 0.2) is 11.4 Å². The Labute approximate surface area is 150 Å². The van der Waals surface area contributed by atoms with Gasteiger partial charge >= 0.3 is 6.18 Å². The number of aromatic nitrogens is 3. The van der Waals surface area contributed by atoms with E-state index in [4.69, 9.17) is 5.73 Å². The van der Waals surface area contributed by atoms with E-state index in [1.54, 1.807) is 0 Å². The van der Waals surface area contributed by atoms with Crippen LogP contribution in [-0.4, -0.2) is 55.6 Å². The fraction of sp³-hybridized carbons (Fsp3) is 0.438. The molecule has 2 heterocycles. The molecule has 2 bridgehead atoms. The van der Waals surface area contributed by atoms with Crippen LogP contribution in [0.4, 0.5) is 17.6 Å². The number of fused-ring (bicyclic) bond motifs is 2. The number of benzene rings is 1. The Balaban J connectivity index is 1.78. The van der Waals surface area contributed by atoms with Gasteiger partial charge in [0.25, 0.3) is 5.91 Å². The zero-order valence-electron chi connectivity index (χ0n) is 13.8. The predicted molar refractivity (Wildman–Crippen MR) is 83.2 cm³/mol. The fourth-order valence-corrected chi connectivity index (χ4v) is 3.95. The van der Waals surface area contributed by atoms with E-state index in [0.717, 1.165) is 17.0 Å². The number of nitrogens with two attached hydrogens (primary N) is 1. The van der Waals surface area contributed by atoms with Crippen LogP contribution >= 0.6 is 0 Å². The second-order valence-electron chi connectivity index (χ2n) is 6.74. The SMILES string of the molecule is N[C@@H]1[C@@H]2C[C@H](O)[C@H]1N(C(=O)c1nnn(-c3ccccc3F)c1C(F)(F)F)C2. The zero-order valence-corrected chi connectivity index (χ0v) is 13.8. The summed E-state index contributed by atoms with van der Waals surface area (Å²) < 4.78 is 55.3. The van der Waals surface area contributed by atoms with Gasteiger partial charge in [-0.05, 0) is 24.5 Å². The summed E-state index contributed by atoms with van der Waals surface area (Å²) in [5.41, 5.74) is 3.06. The lowest BCUT2D eigenvalue weighted by Crippen LogP contribution is -2.48. The second kappa shape index (κ2) is 5.99. The lowest BCUT2D eigenvalue weighted by atomic mass is 10.1. The maximum Gasteiger partial charge on any atom is 0.435 e. The summed E-state index contributed by atoms with van der Waals surface area (Å²) in [6, 6.07) is 3.45. The second-order valence-corrected chi connectivity index (χ2v) is 6.74. The number of amides is 1. The van der Waals surface area contributed by atoms with Gasteiger partial charge in [-0.2, -0.15) is 13.2 Å². The number of aliphatic hydroxyl groups excluding tert-OH is 1. The van der Waals surface area contributed by atoms with Crippen LogP contribution in [0.1, 0.15) is 22.6 Å². The van der Waals surface area contributed by atoms with E-state index in [1.165, 1.54) is 12.1 Å². The van der Waals surface area contributed by atoms with Crippen molar-refractivity contribution in [1.29, 1.82) is 0 Å². The lowest BCUT2D eigenvalue weighted by molar-refractivity contribution is -0.143. The molecule has 2 aliphatic rings. The van der Waals surface area contributed by atoms with Gasteiger partial charge < -0.3 is 15.7 Å². The summed E-state index contributed by atoms with van der Waals surface area (Å²) in [4.78, 5) is 13.9. The van der Waals surface area contributed by atoms with Crippen molar-refractivity contribution in [2.24, 2.45) is 11.7 Å². The topological polar surface area (TPSA) is 97.3 Å². The minimum atomic E-state index is -5.00. The van der Waals surface area contributed by atoms with Crippen LogP contribution < -0.4 is 5.73 Å². The van der Waals surface area contributed by atoms with Crippen molar-refractivity contribution in [3.63, 3.8) is 0 Å². The van der Waals surface area contributed by atoms with Crippen LogP contribution in [0.25, 0.3) is 5.69 Å². The molecular weight excluding hydrogens is 370 g/mol. The Morgan fingerprint density at radius 3 is 2.59 bits per heavy atom. The Bertz CT molecular complexity index is 899. The number of likely N-dealkylation sites (tertiary alicyclic amines) is 1. The molecule has 7 nitrogen and oxygen atoms in total. The van der Waals surface area contributed by atoms with Gasteiger partial charge in [0.05, 0.1) is 12.1 Å². The highest BCUT2D eigenvalue weighted by Gasteiger charge is 2.54. The highest BCUT2D eigenvalue weighted by atomic mass is 19.4. The molecule has 0 spiro atoms. The van der Waals surface area contributed by atoms with E-state index >= 15 is 0 Å². The van der Waals surface area contributed by atoms with Crippen molar-refractivity contribution in [2.75, 3.05) is 6.54 Å². The van der Waals surface area contributed by atoms with Gasteiger partial charge in [0, 0.05) is 12.6 Å². The number of nitrogens with zero attached hydrogens (tertiary/aromatic N) is 4. The number of halogens is 4. The summed E-state index contributed by atoms with van der Waals surface area (Å²) in [5, 5.41) is 16.8. The van der Waals surface area contributed by atoms with Crippen LogP contribution in [0.15, 0.2) is 24.3 Å². The average molecular weight is 385 g/mol. The maximum absolute atomic E-state index is 14.0. The highest BCUT2D eigenvalue weighted by Crippen LogP contribution is 2.39. The number of piperidine rings is 1. The van der Waals surface area contributed by atoms with Gasteiger partial charge in [-0.1, -0.05) is 17.3 Å². The molecule has 11 heteroatoms. The molecule has 1 aromatic carbocycles. The third-order valence-corrected chi connectivity index (χ3v) is 5.15. The van der Waals surface area contributed by atoms with E-state index < -0.39 is 53.2 Å². The molecule has 0 radical (unpaired) electrons. The molecular formula is C16H15F4N5O2. The number of aliphatic hydroxyl groups is 1. The number of carbonyl (C=O) groups excluding carboxylic acids is 1. The van der Waals surface area contributed by atoms with E-state index in [9.17, 15) is 27.5 Å². The molecule has 144 valence electrons. The number of alkyl halides is 3. The van der Waals surface area contributed by atoms with Crippen LogP contribution in [-0.2, 0) is 6.18 Å². The molecule has 3 N–H and O–H groups in total. The molecule has 2 aromatic rings. The zero-order chi connectivity index (χ0) is 19.5. The number of hydrogen-bond acceptors (Lipinski definition) is 5. The molecule has 0 unspecified atom stereocenters. The van der Waals surface area contributed by atoms with Crippen molar-refractivity contribution in [3.05, 3.63) is 41.5 Å². The summed E-state index contributed by atoms with van der Waals surface area (Å²) in [5.74, 6) is -2.17. The van der Waals surface area contributed by atoms with E-state index in [1.807, 2.05) is 0 Å². The normalized spacial score (nSPS) is 27.4. The Kier molecular flexibility index (Phi) is 3.96. The summed E-state index contributed by atoms with van der Waals surface area (Å²) in [6.07, 6.45) is -5.52. The number of rotatable bonds is 2. The molecule has 2 fully saturated rings. The van der Waals surface area contributed by atoms with E-state index in [0.29, 0.717) is 6.42 Å². The summed E-state index contributed by atoms with van der Waals surface area (Å²) in [6.45, 7) is 0.131. The lowest BCUT2D eigenvalue weighted by Gasteiger charge is -2.30. The summed E-state index contributed by atoms with van der Waals surface area (Å²) >= 11 is 0. The van der Waals surface area contributed by atoms with Crippen LogP contribution in [0.3, 0.4) is 0 Å². The first-order valence-corrected chi connectivity index (χ1v) is 8.22. The number of carbonyl (C=O) groups is 1.